The van der Waals surface area contributed by atoms with Crippen LogP contribution < -0.4 is 5.43 Å². The van der Waals surface area contributed by atoms with Gasteiger partial charge in [0.15, 0.2) is 0 Å². The second-order valence-corrected chi connectivity index (χ2v) is 8.35. The van der Waals surface area contributed by atoms with Crippen LogP contribution in [0.15, 0.2) is 18.2 Å². The molecule has 146 valence electrons. The molecular formula is C23H39N3. The molecule has 0 aromatic heterocycles. The molecule has 0 saturated heterocycles. The first-order valence-electron chi connectivity index (χ1n) is 11.0. The van der Waals surface area contributed by atoms with Crippen LogP contribution in [0.1, 0.15) is 69.1 Å². The minimum Gasteiger partial charge on any atom is -0.300 e. The fourth-order valence-corrected chi connectivity index (χ4v) is 5.16. The molecule has 26 heavy (non-hydrogen) atoms. The Bertz CT molecular complexity index is 550. The van der Waals surface area contributed by atoms with E-state index in [0.29, 0.717) is 0 Å². The topological polar surface area (TPSA) is 18.5 Å². The number of benzene rings is 1. The molecule has 1 N–H and O–H groups in total. The Morgan fingerprint density at radius 2 is 1.85 bits per heavy atom. The van der Waals surface area contributed by atoms with Gasteiger partial charge in [-0.3, -0.25) is 5.43 Å². The second-order valence-electron chi connectivity index (χ2n) is 8.35. The predicted octanol–water partition coefficient (Wildman–Crippen LogP) is 4.40. The number of nitrogens with zero attached hydrogens (tertiary/aromatic N) is 2. The molecule has 1 fully saturated rings. The highest BCUT2D eigenvalue weighted by Crippen LogP contribution is 2.32. The molecule has 2 aliphatic rings. The molecule has 1 aromatic rings. The zero-order valence-corrected chi connectivity index (χ0v) is 17.3. The largest absolute Gasteiger partial charge is 0.300 e. The number of fused-ring (bicyclic) bond motifs is 1. The average molecular weight is 358 g/mol. The Labute approximate surface area is 161 Å². The van der Waals surface area contributed by atoms with Crippen LogP contribution >= 0.6 is 0 Å². The van der Waals surface area contributed by atoms with Crippen LogP contribution in [-0.2, 0) is 19.4 Å². The van der Waals surface area contributed by atoms with E-state index in [2.05, 4.69) is 47.4 Å². The lowest BCUT2D eigenvalue weighted by atomic mass is 9.79. The zero-order chi connectivity index (χ0) is 18.4. The Morgan fingerprint density at radius 3 is 2.58 bits per heavy atom. The third-order valence-corrected chi connectivity index (χ3v) is 6.46. The van der Waals surface area contributed by atoms with Gasteiger partial charge < -0.3 is 4.90 Å². The first-order chi connectivity index (χ1) is 12.7. The summed E-state index contributed by atoms with van der Waals surface area (Å²) in [5.41, 5.74) is 7.98. The fourth-order valence-electron chi connectivity index (χ4n) is 5.16. The van der Waals surface area contributed by atoms with Crippen LogP contribution in [-0.4, -0.2) is 42.6 Å². The minimum absolute atomic E-state index is 0.800. The van der Waals surface area contributed by atoms with Gasteiger partial charge in [-0.25, -0.2) is 5.01 Å². The number of rotatable bonds is 8. The Morgan fingerprint density at radius 1 is 1.08 bits per heavy atom. The van der Waals surface area contributed by atoms with E-state index in [1.807, 2.05) is 7.05 Å². The molecule has 1 aliphatic carbocycles. The summed E-state index contributed by atoms with van der Waals surface area (Å²) in [5.74, 6) is 0.837. The van der Waals surface area contributed by atoms with Crippen molar-refractivity contribution in [1.29, 1.82) is 0 Å². The third-order valence-electron chi connectivity index (χ3n) is 6.46. The highest BCUT2D eigenvalue weighted by atomic mass is 15.5. The monoisotopic (exact) mass is 357 g/mol. The van der Waals surface area contributed by atoms with E-state index < -0.39 is 0 Å². The molecule has 1 heterocycles. The van der Waals surface area contributed by atoms with Crippen molar-refractivity contribution < 1.29 is 0 Å². The van der Waals surface area contributed by atoms with Crippen molar-refractivity contribution in [3.8, 4) is 0 Å². The Balaban J connectivity index is 1.71. The second kappa shape index (κ2) is 9.87. The van der Waals surface area contributed by atoms with Crippen molar-refractivity contribution in [2.24, 2.45) is 5.92 Å². The summed E-state index contributed by atoms with van der Waals surface area (Å²) in [7, 11) is 2.04. The van der Waals surface area contributed by atoms with Gasteiger partial charge in [-0.2, -0.15) is 0 Å². The summed E-state index contributed by atoms with van der Waals surface area (Å²) in [5, 5.41) is 2.33. The Hall–Kier alpha value is -0.900. The van der Waals surface area contributed by atoms with Crippen LogP contribution in [0.25, 0.3) is 0 Å². The molecule has 1 aromatic carbocycles. The molecular weight excluding hydrogens is 318 g/mol. The first kappa shape index (κ1) is 19.9. The first-order valence-corrected chi connectivity index (χ1v) is 11.0. The maximum atomic E-state index is 3.32. The van der Waals surface area contributed by atoms with Crippen molar-refractivity contribution >= 4 is 0 Å². The van der Waals surface area contributed by atoms with Crippen LogP contribution in [0, 0.1) is 5.92 Å². The maximum Gasteiger partial charge on any atom is 0.0384 e. The van der Waals surface area contributed by atoms with Crippen LogP contribution in [0.2, 0.25) is 0 Å². The summed E-state index contributed by atoms with van der Waals surface area (Å²) in [4.78, 5) is 2.81. The van der Waals surface area contributed by atoms with Crippen LogP contribution in [0.5, 0.6) is 0 Å². The molecule has 3 rings (SSSR count). The van der Waals surface area contributed by atoms with E-state index in [9.17, 15) is 0 Å². The van der Waals surface area contributed by atoms with Gasteiger partial charge >= 0.3 is 0 Å². The van der Waals surface area contributed by atoms with Gasteiger partial charge in [-0.05, 0) is 81.3 Å². The minimum atomic E-state index is 0.800. The van der Waals surface area contributed by atoms with Gasteiger partial charge in [0.05, 0.1) is 0 Å². The molecule has 0 spiro atoms. The molecule has 1 saturated carbocycles. The van der Waals surface area contributed by atoms with Crippen LogP contribution in [0.4, 0.5) is 0 Å². The summed E-state index contributed by atoms with van der Waals surface area (Å²) in [6.45, 7) is 9.38. The third kappa shape index (κ3) is 4.88. The molecule has 2 unspecified atom stereocenters. The normalized spacial score (nSPS) is 24.0. The van der Waals surface area contributed by atoms with E-state index in [4.69, 9.17) is 0 Å². The van der Waals surface area contributed by atoms with Gasteiger partial charge in [0.2, 0.25) is 0 Å². The van der Waals surface area contributed by atoms with Gasteiger partial charge in [-0.1, -0.05) is 44.9 Å². The number of hydrogen-bond donors (Lipinski definition) is 1. The summed E-state index contributed by atoms with van der Waals surface area (Å²) in [6.07, 6.45) is 10.7. The lowest BCUT2D eigenvalue weighted by Gasteiger charge is -2.40. The highest BCUT2D eigenvalue weighted by molar-refractivity contribution is 5.34. The summed E-state index contributed by atoms with van der Waals surface area (Å²) < 4.78 is 0. The summed E-state index contributed by atoms with van der Waals surface area (Å²) in [6, 6.07) is 8.14. The van der Waals surface area contributed by atoms with Gasteiger partial charge in [0, 0.05) is 19.1 Å². The molecule has 3 nitrogen and oxygen atoms in total. The van der Waals surface area contributed by atoms with Crippen molar-refractivity contribution in [2.75, 3.05) is 26.7 Å². The molecule has 3 heteroatoms. The average Bonchev–Trinajstić information content (AvgIpc) is 2.68. The predicted molar refractivity (Wildman–Crippen MR) is 111 cm³/mol. The Kier molecular flexibility index (Phi) is 7.53. The quantitative estimate of drug-likeness (QED) is 0.744. The fraction of sp³-hybridized carbons (Fsp3) is 0.739. The molecule has 0 amide bonds. The van der Waals surface area contributed by atoms with Crippen molar-refractivity contribution in [1.82, 2.24) is 15.3 Å². The molecule has 0 bridgehead atoms. The number of hydrazine groups is 1. The van der Waals surface area contributed by atoms with Gasteiger partial charge in [-0.15, -0.1) is 0 Å². The number of hydrogen-bond acceptors (Lipinski definition) is 3. The maximum absolute atomic E-state index is 3.32. The van der Waals surface area contributed by atoms with E-state index in [1.165, 1.54) is 70.0 Å². The molecule has 1 aliphatic heterocycles. The molecule has 0 radical (unpaired) electrons. The number of nitrogens with one attached hydrogen (secondary N) is 1. The smallest absolute Gasteiger partial charge is 0.0384 e. The lowest BCUT2D eigenvalue weighted by molar-refractivity contribution is 0.103. The SMILES string of the molecule is CCCN(CCC)C1CCCCC1Cc1ccc2c(c1)CN(NC)CC2. The lowest BCUT2D eigenvalue weighted by Crippen LogP contribution is -2.44. The van der Waals surface area contributed by atoms with Gasteiger partial charge in [0.25, 0.3) is 0 Å². The van der Waals surface area contributed by atoms with E-state index in [0.717, 1.165) is 25.0 Å². The van der Waals surface area contributed by atoms with Crippen molar-refractivity contribution in [2.45, 2.75) is 77.8 Å². The van der Waals surface area contributed by atoms with E-state index in [1.54, 1.807) is 11.1 Å². The molecule has 2 atom stereocenters. The van der Waals surface area contributed by atoms with Crippen molar-refractivity contribution in [3.05, 3.63) is 34.9 Å². The van der Waals surface area contributed by atoms with Crippen molar-refractivity contribution in [3.63, 3.8) is 0 Å². The van der Waals surface area contributed by atoms with Gasteiger partial charge in [0.1, 0.15) is 0 Å². The van der Waals surface area contributed by atoms with Crippen LogP contribution in [0.3, 0.4) is 0 Å². The van der Waals surface area contributed by atoms with E-state index >= 15 is 0 Å². The van der Waals surface area contributed by atoms with E-state index in [-0.39, 0.29) is 0 Å². The summed E-state index contributed by atoms with van der Waals surface area (Å²) >= 11 is 0. The standard InChI is InChI=1S/C23H39N3/c1-4-13-25(14-5-2)23-9-7-6-8-21(23)16-19-10-11-20-12-15-26(24-3)18-22(20)17-19/h10-11,17,21,23-24H,4-9,12-16,18H2,1-3H3. The zero-order valence-electron chi connectivity index (χ0n) is 17.3. The highest BCUT2D eigenvalue weighted by Gasteiger charge is 2.29.